The lowest BCUT2D eigenvalue weighted by Gasteiger charge is -2.07. The van der Waals surface area contributed by atoms with Gasteiger partial charge >= 0.3 is 5.97 Å². The third-order valence-electron chi connectivity index (χ3n) is 4.71. The van der Waals surface area contributed by atoms with Crippen LogP contribution in [0.15, 0.2) is 58.5 Å². The fraction of sp³-hybridized carbons (Fsp3) is 0.174. The number of hydrogen-bond donors (Lipinski definition) is 1. The van der Waals surface area contributed by atoms with Crippen LogP contribution in [0, 0.1) is 6.92 Å². The summed E-state index contributed by atoms with van der Waals surface area (Å²) in [6, 6.07) is 13.3. The summed E-state index contributed by atoms with van der Waals surface area (Å²) in [5.74, 6) is 0.642. The minimum atomic E-state index is -0.385. The number of nitrogens with one attached hydrogen (secondary N) is 1. The predicted molar refractivity (Wildman–Crippen MR) is 118 cm³/mol. The first kappa shape index (κ1) is 20.6. The molecule has 4 rings (SSSR count). The van der Waals surface area contributed by atoms with Gasteiger partial charge in [0.25, 0.3) is 5.91 Å². The van der Waals surface area contributed by atoms with Crippen LogP contribution in [0.5, 0.6) is 5.75 Å². The number of furan rings is 1. The Hall–Kier alpha value is -3.65. The van der Waals surface area contributed by atoms with Gasteiger partial charge in [0.05, 0.1) is 31.1 Å². The summed E-state index contributed by atoms with van der Waals surface area (Å²) in [7, 11) is 1.63. The molecule has 0 radical (unpaired) electrons. The molecular weight excluding hydrogens is 416 g/mol. The maximum absolute atomic E-state index is 12.2. The number of ether oxygens (including phenoxy) is 2. The second-order valence-corrected chi connectivity index (χ2v) is 7.73. The molecule has 31 heavy (non-hydrogen) atoms. The second-order valence-electron chi connectivity index (χ2n) is 6.87. The number of thiazole rings is 1. The Morgan fingerprint density at radius 1 is 1.13 bits per heavy atom. The van der Waals surface area contributed by atoms with Crippen LogP contribution in [-0.2, 0) is 22.6 Å². The third-order valence-corrected chi connectivity index (χ3v) is 5.52. The van der Waals surface area contributed by atoms with Crippen LogP contribution < -0.4 is 10.1 Å². The fourth-order valence-electron chi connectivity index (χ4n) is 3.08. The van der Waals surface area contributed by atoms with Crippen molar-refractivity contribution in [3.8, 4) is 5.75 Å². The van der Waals surface area contributed by atoms with Gasteiger partial charge in [-0.1, -0.05) is 18.2 Å². The van der Waals surface area contributed by atoms with Crippen molar-refractivity contribution in [1.29, 1.82) is 0 Å². The molecule has 0 unspecified atom stereocenters. The smallest absolute Gasteiger partial charge is 0.312 e. The molecule has 4 aromatic rings. The van der Waals surface area contributed by atoms with E-state index in [1.807, 2.05) is 36.4 Å². The summed E-state index contributed by atoms with van der Waals surface area (Å²) in [4.78, 5) is 28.7. The molecule has 158 valence electrons. The summed E-state index contributed by atoms with van der Waals surface area (Å²) < 4.78 is 15.8. The topological polar surface area (TPSA) is 90.7 Å². The predicted octanol–water partition coefficient (Wildman–Crippen LogP) is 4.74. The summed E-state index contributed by atoms with van der Waals surface area (Å²) >= 11 is 1.25. The zero-order chi connectivity index (χ0) is 21.8. The number of rotatable bonds is 7. The largest absolute Gasteiger partial charge is 0.497 e. The molecule has 0 saturated carbocycles. The van der Waals surface area contributed by atoms with Crippen molar-refractivity contribution in [2.24, 2.45) is 0 Å². The molecule has 0 aliphatic rings. The Morgan fingerprint density at radius 3 is 2.71 bits per heavy atom. The number of carbonyl (C=O) groups excluding carboxylic acids is 2. The molecule has 0 bridgehead atoms. The Bertz CT molecular complexity index is 1240. The molecule has 7 nitrogen and oxygen atoms in total. The van der Waals surface area contributed by atoms with E-state index in [0.29, 0.717) is 22.1 Å². The van der Waals surface area contributed by atoms with Crippen molar-refractivity contribution in [3.05, 3.63) is 76.7 Å². The summed E-state index contributed by atoms with van der Waals surface area (Å²) in [5, 5.41) is 6.95. The van der Waals surface area contributed by atoms with Crippen LogP contribution in [0.25, 0.3) is 10.8 Å². The minimum absolute atomic E-state index is 0.0297. The average molecular weight is 436 g/mol. The van der Waals surface area contributed by atoms with Gasteiger partial charge in [-0.3, -0.25) is 14.9 Å². The van der Waals surface area contributed by atoms with Crippen LogP contribution in [0.2, 0.25) is 0 Å². The van der Waals surface area contributed by atoms with Crippen LogP contribution in [0.3, 0.4) is 0 Å². The van der Waals surface area contributed by atoms with E-state index < -0.39 is 0 Å². The molecule has 1 amide bonds. The SMILES string of the molecule is COc1ccc2cc(COC(=O)Cc3csc(NC(=O)c4ccoc4C)n3)ccc2c1. The van der Waals surface area contributed by atoms with Crippen molar-refractivity contribution in [3.63, 3.8) is 0 Å². The molecule has 0 atom stereocenters. The first-order valence-corrected chi connectivity index (χ1v) is 10.4. The fourth-order valence-corrected chi connectivity index (χ4v) is 3.79. The summed E-state index contributed by atoms with van der Waals surface area (Å²) in [6.45, 7) is 1.89. The second kappa shape index (κ2) is 9.01. The number of fused-ring (bicyclic) bond motifs is 1. The summed E-state index contributed by atoms with van der Waals surface area (Å²) in [6.07, 6.45) is 1.49. The van der Waals surface area contributed by atoms with Crippen LogP contribution in [0.4, 0.5) is 5.13 Å². The van der Waals surface area contributed by atoms with E-state index >= 15 is 0 Å². The third kappa shape index (κ3) is 4.92. The molecule has 0 aliphatic heterocycles. The number of carbonyl (C=O) groups is 2. The molecule has 0 saturated heterocycles. The number of amides is 1. The molecule has 8 heteroatoms. The van der Waals surface area contributed by atoms with Gasteiger partial charge in [-0.15, -0.1) is 11.3 Å². The number of aromatic nitrogens is 1. The lowest BCUT2D eigenvalue weighted by molar-refractivity contribution is -0.144. The number of anilines is 1. The van der Waals surface area contributed by atoms with Crippen molar-refractivity contribution < 1.29 is 23.5 Å². The van der Waals surface area contributed by atoms with E-state index in [1.54, 1.807) is 25.5 Å². The number of esters is 1. The molecule has 2 aromatic heterocycles. The van der Waals surface area contributed by atoms with E-state index in [-0.39, 0.29) is 24.9 Å². The van der Waals surface area contributed by atoms with E-state index in [2.05, 4.69) is 10.3 Å². The maximum atomic E-state index is 12.2. The number of hydrogen-bond acceptors (Lipinski definition) is 7. The Labute approximate surface area is 182 Å². The molecular formula is C23H20N2O5S. The van der Waals surface area contributed by atoms with Gasteiger partial charge in [0.15, 0.2) is 5.13 Å². The molecule has 2 aromatic carbocycles. The highest BCUT2D eigenvalue weighted by Crippen LogP contribution is 2.22. The number of benzene rings is 2. The average Bonchev–Trinajstić information content (AvgIpc) is 3.40. The van der Waals surface area contributed by atoms with Crippen LogP contribution in [-0.4, -0.2) is 24.0 Å². The summed E-state index contributed by atoms with van der Waals surface area (Å²) in [5.41, 5.74) is 1.89. The van der Waals surface area contributed by atoms with Crippen molar-refractivity contribution in [1.82, 2.24) is 4.98 Å². The minimum Gasteiger partial charge on any atom is -0.497 e. The molecule has 0 aliphatic carbocycles. The van der Waals surface area contributed by atoms with Gasteiger partial charge in [0.1, 0.15) is 18.1 Å². The molecule has 0 fully saturated rings. The van der Waals surface area contributed by atoms with Crippen LogP contribution in [0.1, 0.15) is 27.4 Å². The number of aryl methyl sites for hydroxylation is 1. The Kier molecular flexibility index (Phi) is 5.99. The van der Waals surface area contributed by atoms with Gasteiger partial charge in [0.2, 0.25) is 0 Å². The Morgan fingerprint density at radius 2 is 1.94 bits per heavy atom. The van der Waals surface area contributed by atoms with E-state index in [1.165, 1.54) is 17.6 Å². The highest BCUT2D eigenvalue weighted by molar-refractivity contribution is 7.14. The molecule has 2 heterocycles. The molecule has 0 spiro atoms. The van der Waals surface area contributed by atoms with E-state index in [9.17, 15) is 9.59 Å². The Balaban J connectivity index is 1.31. The van der Waals surface area contributed by atoms with Gasteiger partial charge < -0.3 is 13.9 Å². The highest BCUT2D eigenvalue weighted by Gasteiger charge is 2.15. The van der Waals surface area contributed by atoms with Gasteiger partial charge in [-0.05, 0) is 47.5 Å². The monoisotopic (exact) mass is 436 g/mol. The van der Waals surface area contributed by atoms with Gasteiger partial charge in [0, 0.05) is 5.38 Å². The lowest BCUT2D eigenvalue weighted by Crippen LogP contribution is -2.12. The quantitative estimate of drug-likeness (QED) is 0.421. The van der Waals surface area contributed by atoms with Gasteiger partial charge in [-0.2, -0.15) is 0 Å². The molecule has 1 N–H and O–H groups in total. The van der Waals surface area contributed by atoms with E-state index in [4.69, 9.17) is 13.9 Å². The highest BCUT2D eigenvalue weighted by atomic mass is 32.1. The zero-order valence-corrected chi connectivity index (χ0v) is 17.8. The van der Waals surface area contributed by atoms with Crippen molar-refractivity contribution in [2.45, 2.75) is 20.0 Å². The van der Waals surface area contributed by atoms with Crippen LogP contribution >= 0.6 is 11.3 Å². The zero-order valence-electron chi connectivity index (χ0n) is 17.0. The van der Waals surface area contributed by atoms with Crippen molar-refractivity contribution in [2.75, 3.05) is 12.4 Å². The standard InChI is InChI=1S/C23H20N2O5S/c1-14-20(7-8-29-14)22(27)25-23-24-18(13-31-23)11-21(26)30-12-15-3-4-17-10-19(28-2)6-5-16(17)9-15/h3-10,13H,11-12H2,1-2H3,(H,24,25,27). The first-order valence-electron chi connectivity index (χ1n) is 9.54. The van der Waals surface area contributed by atoms with Crippen molar-refractivity contribution >= 4 is 39.1 Å². The number of methoxy groups -OCH3 is 1. The van der Waals surface area contributed by atoms with E-state index in [0.717, 1.165) is 22.1 Å². The lowest BCUT2D eigenvalue weighted by atomic mass is 10.1. The number of nitrogens with zero attached hydrogens (tertiary/aromatic N) is 1. The first-order chi connectivity index (χ1) is 15.0. The normalized spacial score (nSPS) is 10.8. The van der Waals surface area contributed by atoms with Gasteiger partial charge in [-0.25, -0.2) is 4.98 Å². The maximum Gasteiger partial charge on any atom is 0.312 e.